The Morgan fingerprint density at radius 2 is 2.19 bits per heavy atom. The first kappa shape index (κ1) is 15.9. The Morgan fingerprint density at radius 3 is 2.95 bits per heavy atom. The maximum absolute atomic E-state index is 12.4. The standard InChI is InChI=1S/C15H20N2O3.ClH/c1-17(9-11-3-2-6-16-8-11)15(18)12-4-5-13-14(7-12)20-10-19-13;/h4-5,7,11,16H,2-3,6,8-10H2,1H3;1H. The molecule has 116 valence electrons. The fourth-order valence-electron chi connectivity index (χ4n) is 2.80. The number of halogens is 1. The molecule has 2 aliphatic heterocycles. The molecule has 1 fully saturated rings. The van der Waals surface area contributed by atoms with Gasteiger partial charge in [0.15, 0.2) is 11.5 Å². The van der Waals surface area contributed by atoms with Crippen molar-refractivity contribution in [1.82, 2.24) is 10.2 Å². The maximum atomic E-state index is 12.4. The summed E-state index contributed by atoms with van der Waals surface area (Å²) in [5, 5.41) is 3.38. The van der Waals surface area contributed by atoms with E-state index in [-0.39, 0.29) is 25.1 Å². The fourth-order valence-corrected chi connectivity index (χ4v) is 2.80. The summed E-state index contributed by atoms with van der Waals surface area (Å²) in [7, 11) is 1.86. The molecule has 1 saturated heterocycles. The zero-order valence-corrected chi connectivity index (χ0v) is 12.9. The van der Waals surface area contributed by atoms with Gasteiger partial charge in [-0.3, -0.25) is 4.79 Å². The molecule has 1 aromatic rings. The van der Waals surface area contributed by atoms with E-state index in [4.69, 9.17) is 9.47 Å². The molecule has 1 atom stereocenters. The van der Waals surface area contributed by atoms with Crippen molar-refractivity contribution in [2.24, 2.45) is 5.92 Å². The number of benzene rings is 1. The quantitative estimate of drug-likeness (QED) is 0.926. The molecule has 0 saturated carbocycles. The number of carbonyl (C=O) groups is 1. The molecule has 0 aromatic heterocycles. The van der Waals surface area contributed by atoms with Crippen molar-refractivity contribution < 1.29 is 14.3 Å². The fraction of sp³-hybridized carbons (Fsp3) is 0.533. The summed E-state index contributed by atoms with van der Waals surface area (Å²) in [4.78, 5) is 14.2. The van der Waals surface area contributed by atoms with Crippen LogP contribution in [0.4, 0.5) is 0 Å². The van der Waals surface area contributed by atoms with Crippen molar-refractivity contribution in [3.8, 4) is 11.5 Å². The SMILES string of the molecule is CN(CC1CCCNC1)C(=O)c1ccc2c(c1)OCO2.Cl. The molecule has 0 radical (unpaired) electrons. The first-order valence-electron chi connectivity index (χ1n) is 7.10. The van der Waals surface area contributed by atoms with Gasteiger partial charge in [-0.1, -0.05) is 0 Å². The molecule has 5 nitrogen and oxygen atoms in total. The second-order valence-electron chi connectivity index (χ2n) is 5.47. The molecule has 1 N–H and O–H groups in total. The summed E-state index contributed by atoms with van der Waals surface area (Å²) >= 11 is 0. The lowest BCUT2D eigenvalue weighted by molar-refractivity contribution is 0.0764. The first-order chi connectivity index (χ1) is 9.74. The molecule has 0 aliphatic carbocycles. The molecular formula is C15H21ClN2O3. The van der Waals surface area contributed by atoms with Crippen molar-refractivity contribution in [3.05, 3.63) is 23.8 Å². The Labute approximate surface area is 131 Å². The van der Waals surface area contributed by atoms with Crippen LogP contribution in [0.15, 0.2) is 18.2 Å². The van der Waals surface area contributed by atoms with Gasteiger partial charge in [0.2, 0.25) is 6.79 Å². The van der Waals surface area contributed by atoms with E-state index in [9.17, 15) is 4.79 Å². The number of fused-ring (bicyclic) bond motifs is 1. The number of piperidine rings is 1. The van der Waals surface area contributed by atoms with E-state index in [1.54, 1.807) is 23.1 Å². The van der Waals surface area contributed by atoms with E-state index >= 15 is 0 Å². The van der Waals surface area contributed by atoms with Crippen molar-refractivity contribution in [2.75, 3.05) is 33.5 Å². The lowest BCUT2D eigenvalue weighted by Gasteiger charge is -2.27. The number of nitrogens with zero attached hydrogens (tertiary/aromatic N) is 1. The lowest BCUT2D eigenvalue weighted by atomic mass is 9.99. The zero-order chi connectivity index (χ0) is 13.9. The van der Waals surface area contributed by atoms with Gasteiger partial charge in [0, 0.05) is 19.2 Å². The van der Waals surface area contributed by atoms with Gasteiger partial charge in [-0.05, 0) is 50.0 Å². The van der Waals surface area contributed by atoms with Gasteiger partial charge < -0.3 is 19.7 Å². The van der Waals surface area contributed by atoms with Gasteiger partial charge in [0.05, 0.1) is 0 Å². The molecule has 6 heteroatoms. The summed E-state index contributed by atoms with van der Waals surface area (Å²) in [6.45, 7) is 3.12. The molecule has 21 heavy (non-hydrogen) atoms. The highest BCUT2D eigenvalue weighted by Gasteiger charge is 2.21. The maximum Gasteiger partial charge on any atom is 0.253 e. The average molecular weight is 313 g/mol. The Kier molecular flexibility index (Phi) is 5.31. The van der Waals surface area contributed by atoms with Crippen LogP contribution in [0.2, 0.25) is 0 Å². The minimum Gasteiger partial charge on any atom is -0.454 e. The Morgan fingerprint density at radius 1 is 1.38 bits per heavy atom. The number of rotatable bonds is 3. The van der Waals surface area contributed by atoms with Crippen molar-refractivity contribution >= 4 is 18.3 Å². The molecule has 0 bridgehead atoms. The van der Waals surface area contributed by atoms with Crippen molar-refractivity contribution in [2.45, 2.75) is 12.8 Å². The summed E-state index contributed by atoms with van der Waals surface area (Å²) < 4.78 is 10.6. The minimum atomic E-state index is 0. The number of carbonyl (C=O) groups excluding carboxylic acids is 1. The third-order valence-electron chi connectivity index (χ3n) is 3.90. The van der Waals surface area contributed by atoms with E-state index < -0.39 is 0 Å². The number of ether oxygens (including phenoxy) is 2. The van der Waals surface area contributed by atoms with E-state index in [0.29, 0.717) is 23.0 Å². The van der Waals surface area contributed by atoms with Crippen LogP contribution >= 0.6 is 12.4 Å². The highest BCUT2D eigenvalue weighted by molar-refractivity contribution is 5.94. The predicted molar refractivity (Wildman–Crippen MR) is 82.4 cm³/mol. The van der Waals surface area contributed by atoms with E-state index in [0.717, 1.165) is 19.6 Å². The Bertz CT molecular complexity index is 504. The van der Waals surface area contributed by atoms with Crippen LogP contribution in [-0.4, -0.2) is 44.3 Å². The lowest BCUT2D eigenvalue weighted by Crippen LogP contribution is -2.39. The van der Waals surface area contributed by atoms with Crippen LogP contribution in [0.3, 0.4) is 0 Å². The Balaban J connectivity index is 0.00000161. The second kappa shape index (κ2) is 7.00. The molecule has 2 heterocycles. The third kappa shape index (κ3) is 3.60. The zero-order valence-electron chi connectivity index (χ0n) is 12.1. The topological polar surface area (TPSA) is 50.8 Å². The van der Waals surface area contributed by atoms with Crippen molar-refractivity contribution in [3.63, 3.8) is 0 Å². The number of amides is 1. The first-order valence-corrected chi connectivity index (χ1v) is 7.10. The second-order valence-corrected chi connectivity index (χ2v) is 5.47. The van der Waals surface area contributed by atoms with Gasteiger partial charge in [0.25, 0.3) is 5.91 Å². The smallest absolute Gasteiger partial charge is 0.253 e. The van der Waals surface area contributed by atoms with E-state index in [1.165, 1.54) is 12.8 Å². The summed E-state index contributed by atoms with van der Waals surface area (Å²) in [6, 6.07) is 5.36. The molecular weight excluding hydrogens is 292 g/mol. The third-order valence-corrected chi connectivity index (χ3v) is 3.90. The molecule has 2 aliphatic rings. The summed E-state index contributed by atoms with van der Waals surface area (Å²) in [6.07, 6.45) is 2.38. The predicted octanol–water partition coefficient (Wildman–Crippen LogP) is 1.91. The van der Waals surface area contributed by atoms with Crippen LogP contribution < -0.4 is 14.8 Å². The number of nitrogens with one attached hydrogen (secondary N) is 1. The van der Waals surface area contributed by atoms with Crippen LogP contribution in [0.25, 0.3) is 0 Å². The van der Waals surface area contributed by atoms with Gasteiger partial charge in [-0.2, -0.15) is 0 Å². The number of hydrogen-bond acceptors (Lipinski definition) is 4. The van der Waals surface area contributed by atoms with Crippen LogP contribution in [0.1, 0.15) is 23.2 Å². The normalized spacial score (nSPS) is 19.8. The van der Waals surface area contributed by atoms with E-state index in [2.05, 4.69) is 5.32 Å². The van der Waals surface area contributed by atoms with Crippen molar-refractivity contribution in [1.29, 1.82) is 0 Å². The van der Waals surface area contributed by atoms with Crippen LogP contribution in [-0.2, 0) is 0 Å². The van der Waals surface area contributed by atoms with Gasteiger partial charge in [0.1, 0.15) is 0 Å². The Hall–Kier alpha value is -1.46. The molecule has 1 unspecified atom stereocenters. The highest BCUT2D eigenvalue weighted by atomic mass is 35.5. The monoisotopic (exact) mass is 312 g/mol. The highest BCUT2D eigenvalue weighted by Crippen LogP contribution is 2.32. The summed E-state index contributed by atoms with van der Waals surface area (Å²) in [5.41, 5.74) is 0.653. The largest absolute Gasteiger partial charge is 0.454 e. The minimum absolute atomic E-state index is 0. The van der Waals surface area contributed by atoms with Gasteiger partial charge in [-0.15, -0.1) is 12.4 Å². The van der Waals surface area contributed by atoms with Crippen LogP contribution in [0, 0.1) is 5.92 Å². The van der Waals surface area contributed by atoms with Gasteiger partial charge >= 0.3 is 0 Å². The molecule has 1 aromatic carbocycles. The molecule has 1 amide bonds. The summed E-state index contributed by atoms with van der Waals surface area (Å²) in [5.74, 6) is 1.95. The van der Waals surface area contributed by atoms with Gasteiger partial charge in [-0.25, -0.2) is 0 Å². The average Bonchev–Trinajstić information content (AvgIpc) is 2.94. The van der Waals surface area contributed by atoms with Crippen LogP contribution in [0.5, 0.6) is 11.5 Å². The van der Waals surface area contributed by atoms with E-state index in [1.807, 2.05) is 7.05 Å². The number of hydrogen-bond donors (Lipinski definition) is 1. The molecule has 0 spiro atoms. The molecule has 3 rings (SSSR count).